The maximum absolute atomic E-state index is 13.5. The number of amides is 1. The van der Waals surface area contributed by atoms with E-state index in [1.165, 1.54) is 17.0 Å². The van der Waals surface area contributed by atoms with E-state index in [4.69, 9.17) is 5.73 Å². The largest absolute Gasteiger partial charge is 0.335 e. The molecule has 3 nitrogen and oxygen atoms in total. The smallest absolute Gasteiger partial charge is 0.257 e. The Morgan fingerprint density at radius 2 is 2.00 bits per heavy atom. The number of benzene rings is 1. The van der Waals surface area contributed by atoms with Gasteiger partial charge in [-0.3, -0.25) is 4.79 Å². The number of likely N-dealkylation sites (tertiary alicyclic amines) is 1. The molecule has 0 unspecified atom stereocenters. The Kier molecular flexibility index (Phi) is 3.11. The Morgan fingerprint density at radius 3 is 2.56 bits per heavy atom. The number of carbonyl (C=O) groups is 1. The van der Waals surface area contributed by atoms with Crippen LogP contribution in [0.25, 0.3) is 0 Å². The van der Waals surface area contributed by atoms with E-state index in [1.54, 1.807) is 0 Å². The second kappa shape index (κ2) is 4.31. The average Bonchev–Trinajstić information content (AvgIpc) is 2.27. The van der Waals surface area contributed by atoms with Crippen LogP contribution >= 0.6 is 0 Å². The minimum Gasteiger partial charge on any atom is -0.335 e. The van der Waals surface area contributed by atoms with E-state index in [2.05, 4.69) is 0 Å². The molecule has 18 heavy (non-hydrogen) atoms. The van der Waals surface area contributed by atoms with Crippen LogP contribution in [0.15, 0.2) is 18.2 Å². The van der Waals surface area contributed by atoms with Crippen LogP contribution in [0.1, 0.15) is 24.2 Å². The summed E-state index contributed by atoms with van der Waals surface area (Å²) >= 11 is 0. The van der Waals surface area contributed by atoms with Gasteiger partial charge in [-0.05, 0) is 18.1 Å². The standard InChI is InChI=1S/C13H16F2N2O/c1-8(2)13(16)6-17(7-13)12(18)9-4-3-5-10(14)11(9)15/h3-5,8H,6-7,16H2,1-2H3. The zero-order valence-corrected chi connectivity index (χ0v) is 10.4. The molecule has 1 aliphatic heterocycles. The number of halogens is 2. The molecule has 0 spiro atoms. The van der Waals surface area contributed by atoms with Gasteiger partial charge in [-0.2, -0.15) is 0 Å². The molecule has 2 rings (SSSR count). The fourth-order valence-corrected chi connectivity index (χ4v) is 2.01. The Hall–Kier alpha value is -1.49. The first-order valence-corrected chi connectivity index (χ1v) is 5.87. The first-order chi connectivity index (χ1) is 8.35. The molecule has 0 aliphatic carbocycles. The molecule has 5 heteroatoms. The van der Waals surface area contributed by atoms with Gasteiger partial charge in [0.25, 0.3) is 5.91 Å². The lowest BCUT2D eigenvalue weighted by atomic mass is 9.80. The molecule has 2 N–H and O–H groups in total. The minimum absolute atomic E-state index is 0.235. The lowest BCUT2D eigenvalue weighted by Gasteiger charge is -2.50. The molecule has 98 valence electrons. The van der Waals surface area contributed by atoms with Gasteiger partial charge in [-0.1, -0.05) is 19.9 Å². The van der Waals surface area contributed by atoms with Crippen molar-refractivity contribution in [3.63, 3.8) is 0 Å². The van der Waals surface area contributed by atoms with E-state index in [0.29, 0.717) is 13.1 Å². The highest BCUT2D eigenvalue weighted by atomic mass is 19.2. The third-order valence-electron chi connectivity index (χ3n) is 3.59. The molecular formula is C13H16F2N2O. The minimum atomic E-state index is -1.10. The van der Waals surface area contributed by atoms with Crippen LogP contribution in [-0.2, 0) is 0 Å². The molecule has 1 fully saturated rings. The summed E-state index contributed by atoms with van der Waals surface area (Å²) in [5, 5.41) is 0. The first-order valence-electron chi connectivity index (χ1n) is 5.87. The van der Waals surface area contributed by atoms with E-state index in [1.807, 2.05) is 13.8 Å². The maximum Gasteiger partial charge on any atom is 0.257 e. The Labute approximate surface area is 105 Å². The molecule has 1 aliphatic rings. The summed E-state index contributed by atoms with van der Waals surface area (Å²) < 4.78 is 26.5. The Morgan fingerprint density at radius 1 is 1.39 bits per heavy atom. The van der Waals surface area contributed by atoms with Gasteiger partial charge >= 0.3 is 0 Å². The molecule has 1 saturated heterocycles. The fraction of sp³-hybridized carbons (Fsp3) is 0.462. The second-order valence-corrected chi connectivity index (χ2v) is 5.15. The predicted octanol–water partition coefficient (Wildman–Crippen LogP) is 1.77. The van der Waals surface area contributed by atoms with Crippen molar-refractivity contribution in [3.05, 3.63) is 35.4 Å². The maximum atomic E-state index is 13.5. The van der Waals surface area contributed by atoms with Crippen LogP contribution in [0, 0.1) is 17.6 Å². The summed E-state index contributed by atoms with van der Waals surface area (Å²) in [6.07, 6.45) is 0. The van der Waals surface area contributed by atoms with Crippen LogP contribution in [-0.4, -0.2) is 29.4 Å². The third kappa shape index (κ3) is 1.99. The number of nitrogens with zero attached hydrogens (tertiary/aromatic N) is 1. The van der Waals surface area contributed by atoms with Gasteiger partial charge in [0, 0.05) is 13.1 Å². The Balaban J connectivity index is 2.13. The van der Waals surface area contributed by atoms with Crippen LogP contribution < -0.4 is 5.73 Å². The Bertz CT molecular complexity index is 482. The quantitative estimate of drug-likeness (QED) is 0.874. The molecular weight excluding hydrogens is 238 g/mol. The monoisotopic (exact) mass is 254 g/mol. The lowest BCUT2D eigenvalue weighted by molar-refractivity contribution is 0.0270. The summed E-state index contributed by atoms with van der Waals surface area (Å²) in [6, 6.07) is 3.60. The highest BCUT2D eigenvalue weighted by molar-refractivity contribution is 5.95. The zero-order chi connectivity index (χ0) is 13.5. The van der Waals surface area contributed by atoms with Gasteiger partial charge in [-0.15, -0.1) is 0 Å². The van der Waals surface area contributed by atoms with Crippen molar-refractivity contribution in [2.45, 2.75) is 19.4 Å². The fourth-order valence-electron chi connectivity index (χ4n) is 2.01. The molecule has 0 atom stereocenters. The van der Waals surface area contributed by atoms with Crippen LogP contribution in [0.5, 0.6) is 0 Å². The summed E-state index contributed by atoms with van der Waals surface area (Å²) in [5.41, 5.74) is 5.41. The van der Waals surface area contributed by atoms with Gasteiger partial charge in [0.05, 0.1) is 11.1 Å². The molecule has 0 aromatic heterocycles. The predicted molar refractivity (Wildman–Crippen MR) is 64.0 cm³/mol. The van der Waals surface area contributed by atoms with E-state index >= 15 is 0 Å². The van der Waals surface area contributed by atoms with E-state index in [-0.39, 0.29) is 11.5 Å². The van der Waals surface area contributed by atoms with Gasteiger partial charge in [-0.25, -0.2) is 8.78 Å². The number of rotatable bonds is 2. The van der Waals surface area contributed by atoms with Crippen molar-refractivity contribution in [1.29, 1.82) is 0 Å². The molecule has 0 radical (unpaired) electrons. The summed E-state index contributed by atoms with van der Waals surface area (Å²) in [5.74, 6) is -2.38. The highest BCUT2D eigenvalue weighted by Crippen LogP contribution is 2.28. The molecule has 1 amide bonds. The van der Waals surface area contributed by atoms with Crippen molar-refractivity contribution in [2.24, 2.45) is 11.7 Å². The van der Waals surface area contributed by atoms with Crippen molar-refractivity contribution < 1.29 is 13.6 Å². The second-order valence-electron chi connectivity index (χ2n) is 5.15. The summed E-state index contributed by atoms with van der Waals surface area (Å²) in [6.45, 7) is 4.70. The number of hydrogen-bond acceptors (Lipinski definition) is 2. The van der Waals surface area contributed by atoms with E-state index < -0.39 is 23.1 Å². The molecule has 1 aromatic carbocycles. The number of carbonyl (C=O) groups excluding carboxylic acids is 1. The van der Waals surface area contributed by atoms with Gasteiger partial charge in [0.1, 0.15) is 0 Å². The molecule has 1 heterocycles. The van der Waals surface area contributed by atoms with Crippen LogP contribution in [0.3, 0.4) is 0 Å². The SMILES string of the molecule is CC(C)C1(N)CN(C(=O)c2cccc(F)c2F)C1. The number of hydrogen-bond donors (Lipinski definition) is 1. The molecule has 0 saturated carbocycles. The van der Waals surface area contributed by atoms with Crippen LogP contribution in [0.2, 0.25) is 0 Å². The van der Waals surface area contributed by atoms with E-state index in [0.717, 1.165) is 6.07 Å². The van der Waals surface area contributed by atoms with Crippen molar-refractivity contribution in [2.75, 3.05) is 13.1 Å². The van der Waals surface area contributed by atoms with Gasteiger partial charge in [0.15, 0.2) is 11.6 Å². The molecule has 0 bridgehead atoms. The van der Waals surface area contributed by atoms with E-state index in [9.17, 15) is 13.6 Å². The van der Waals surface area contributed by atoms with Crippen molar-refractivity contribution in [1.82, 2.24) is 4.90 Å². The highest BCUT2D eigenvalue weighted by Gasteiger charge is 2.44. The van der Waals surface area contributed by atoms with Crippen molar-refractivity contribution in [3.8, 4) is 0 Å². The van der Waals surface area contributed by atoms with Crippen LogP contribution in [0.4, 0.5) is 8.78 Å². The third-order valence-corrected chi connectivity index (χ3v) is 3.59. The molecule has 1 aromatic rings. The van der Waals surface area contributed by atoms with Gasteiger partial charge < -0.3 is 10.6 Å². The van der Waals surface area contributed by atoms with Crippen molar-refractivity contribution >= 4 is 5.91 Å². The first kappa shape index (κ1) is 13.0. The summed E-state index contributed by atoms with van der Waals surface area (Å²) in [7, 11) is 0. The topological polar surface area (TPSA) is 46.3 Å². The average molecular weight is 254 g/mol. The summed E-state index contributed by atoms with van der Waals surface area (Å²) in [4.78, 5) is 13.4. The van der Waals surface area contributed by atoms with Gasteiger partial charge in [0.2, 0.25) is 0 Å². The number of nitrogens with two attached hydrogens (primary N) is 1. The zero-order valence-electron chi connectivity index (χ0n) is 10.4. The normalized spacial score (nSPS) is 17.8. The lowest BCUT2D eigenvalue weighted by Crippen LogP contribution is -2.71.